The third kappa shape index (κ3) is 4.95. The Bertz CT molecular complexity index is 1140. The minimum atomic E-state index is -0.284. The lowest BCUT2D eigenvalue weighted by Gasteiger charge is -2.07. The van der Waals surface area contributed by atoms with Crippen molar-refractivity contribution in [2.75, 3.05) is 10.6 Å². The number of anilines is 2. The number of hydrogen-bond acceptors (Lipinski definition) is 5. The highest BCUT2D eigenvalue weighted by molar-refractivity contribution is 7.18. The van der Waals surface area contributed by atoms with Crippen molar-refractivity contribution >= 4 is 34.0 Å². The fraction of sp³-hybridized carbons (Fsp3) is 0.0435. The highest BCUT2D eigenvalue weighted by Gasteiger charge is 2.12. The molecule has 2 amide bonds. The van der Waals surface area contributed by atoms with Gasteiger partial charge in [-0.1, -0.05) is 72.0 Å². The Morgan fingerprint density at radius 1 is 0.767 bits per heavy atom. The van der Waals surface area contributed by atoms with Crippen LogP contribution >= 0.6 is 11.3 Å². The van der Waals surface area contributed by atoms with E-state index in [9.17, 15) is 9.59 Å². The Kier molecular flexibility index (Phi) is 5.91. The van der Waals surface area contributed by atoms with E-state index in [2.05, 4.69) is 20.8 Å². The van der Waals surface area contributed by atoms with Crippen LogP contribution in [0.5, 0.6) is 0 Å². The van der Waals surface area contributed by atoms with Gasteiger partial charge in [0.2, 0.25) is 11.0 Å². The zero-order valence-corrected chi connectivity index (χ0v) is 16.7. The first-order valence-electron chi connectivity index (χ1n) is 9.31. The first-order valence-corrected chi connectivity index (χ1v) is 10.1. The molecule has 2 N–H and O–H groups in total. The average molecular weight is 414 g/mol. The second kappa shape index (κ2) is 9.11. The van der Waals surface area contributed by atoms with Gasteiger partial charge in [-0.3, -0.25) is 14.9 Å². The van der Waals surface area contributed by atoms with Gasteiger partial charge in [0.05, 0.1) is 6.42 Å². The van der Waals surface area contributed by atoms with Gasteiger partial charge in [0.15, 0.2) is 0 Å². The Morgan fingerprint density at radius 2 is 1.43 bits per heavy atom. The molecule has 0 atom stereocenters. The lowest BCUT2D eigenvalue weighted by atomic mass is 10.1. The minimum absolute atomic E-state index is 0.110. The third-order valence-corrected chi connectivity index (χ3v) is 5.19. The largest absolute Gasteiger partial charge is 0.326 e. The van der Waals surface area contributed by atoms with Gasteiger partial charge in [0.1, 0.15) is 5.01 Å². The summed E-state index contributed by atoms with van der Waals surface area (Å²) >= 11 is 1.31. The van der Waals surface area contributed by atoms with E-state index in [1.807, 2.05) is 60.7 Å². The summed E-state index contributed by atoms with van der Waals surface area (Å²) in [6.45, 7) is 0. The lowest BCUT2D eigenvalue weighted by Crippen LogP contribution is -2.15. The third-order valence-electron chi connectivity index (χ3n) is 4.30. The highest BCUT2D eigenvalue weighted by Crippen LogP contribution is 2.26. The normalized spacial score (nSPS) is 10.4. The minimum Gasteiger partial charge on any atom is -0.326 e. The first kappa shape index (κ1) is 19.5. The lowest BCUT2D eigenvalue weighted by molar-refractivity contribution is -0.115. The maximum atomic E-state index is 12.5. The SMILES string of the molecule is O=C(Cc1ccccc1)Nc1ccc(C(=O)Nc2nnc(-c3ccccc3)s2)cc1. The molecule has 3 aromatic carbocycles. The molecule has 0 fully saturated rings. The van der Waals surface area contributed by atoms with Gasteiger partial charge >= 0.3 is 0 Å². The van der Waals surface area contributed by atoms with Gasteiger partial charge in [0, 0.05) is 16.8 Å². The second-order valence-corrected chi connectivity index (χ2v) is 7.50. The van der Waals surface area contributed by atoms with Crippen molar-refractivity contribution < 1.29 is 9.59 Å². The molecule has 4 aromatic rings. The molecular formula is C23H18N4O2S. The number of hydrogen-bond donors (Lipinski definition) is 2. The summed E-state index contributed by atoms with van der Waals surface area (Å²) in [6, 6.07) is 25.9. The molecule has 148 valence electrons. The van der Waals surface area contributed by atoms with Gasteiger partial charge in [-0.25, -0.2) is 0 Å². The molecule has 0 radical (unpaired) electrons. The molecule has 1 aromatic heterocycles. The average Bonchev–Trinajstić information content (AvgIpc) is 3.24. The molecular weight excluding hydrogens is 396 g/mol. The van der Waals surface area contributed by atoms with E-state index in [4.69, 9.17) is 0 Å². The predicted octanol–water partition coefficient (Wildman–Crippen LogP) is 4.64. The van der Waals surface area contributed by atoms with Crippen molar-refractivity contribution in [3.8, 4) is 10.6 Å². The quantitative estimate of drug-likeness (QED) is 0.481. The number of carbonyl (C=O) groups is 2. The number of nitrogens with zero attached hydrogens (tertiary/aromatic N) is 2. The highest BCUT2D eigenvalue weighted by atomic mass is 32.1. The number of carbonyl (C=O) groups excluding carboxylic acids is 2. The number of nitrogens with one attached hydrogen (secondary N) is 2. The van der Waals surface area contributed by atoms with E-state index in [0.717, 1.165) is 16.1 Å². The zero-order valence-electron chi connectivity index (χ0n) is 15.9. The van der Waals surface area contributed by atoms with Crippen molar-refractivity contribution in [3.63, 3.8) is 0 Å². The van der Waals surface area contributed by atoms with Gasteiger partial charge < -0.3 is 5.32 Å². The fourth-order valence-corrected chi connectivity index (χ4v) is 3.58. The molecule has 1 heterocycles. The van der Waals surface area contributed by atoms with Crippen molar-refractivity contribution in [2.45, 2.75) is 6.42 Å². The fourth-order valence-electron chi connectivity index (χ4n) is 2.83. The van der Waals surface area contributed by atoms with Gasteiger partial charge in [-0.05, 0) is 29.8 Å². The van der Waals surface area contributed by atoms with E-state index >= 15 is 0 Å². The van der Waals surface area contributed by atoms with Crippen LogP contribution in [0.25, 0.3) is 10.6 Å². The zero-order chi connectivity index (χ0) is 20.8. The van der Waals surface area contributed by atoms with Crippen LogP contribution in [0, 0.1) is 0 Å². The Balaban J connectivity index is 1.35. The molecule has 6 nitrogen and oxygen atoms in total. The van der Waals surface area contributed by atoms with E-state index in [0.29, 0.717) is 22.8 Å². The maximum absolute atomic E-state index is 12.5. The summed E-state index contributed by atoms with van der Waals surface area (Å²) in [6.07, 6.45) is 0.296. The number of rotatable bonds is 6. The Hall–Kier alpha value is -3.84. The molecule has 0 saturated carbocycles. The van der Waals surface area contributed by atoms with Crippen molar-refractivity contribution in [1.82, 2.24) is 10.2 Å². The summed E-state index contributed by atoms with van der Waals surface area (Å²) in [7, 11) is 0. The second-order valence-electron chi connectivity index (χ2n) is 6.52. The molecule has 0 spiro atoms. The Labute approximate surface area is 177 Å². The summed E-state index contributed by atoms with van der Waals surface area (Å²) in [5.41, 5.74) is 2.99. The summed E-state index contributed by atoms with van der Waals surface area (Å²) in [5.74, 6) is -0.395. The topological polar surface area (TPSA) is 84.0 Å². The Morgan fingerprint density at radius 3 is 2.13 bits per heavy atom. The van der Waals surface area contributed by atoms with E-state index in [1.54, 1.807) is 24.3 Å². The van der Waals surface area contributed by atoms with Gasteiger partial charge in [-0.15, -0.1) is 10.2 Å². The van der Waals surface area contributed by atoms with E-state index in [1.165, 1.54) is 11.3 Å². The van der Waals surface area contributed by atoms with Crippen LogP contribution in [0.4, 0.5) is 10.8 Å². The number of benzene rings is 3. The molecule has 0 unspecified atom stereocenters. The van der Waals surface area contributed by atoms with Crippen LogP contribution in [0.2, 0.25) is 0 Å². The first-order chi connectivity index (χ1) is 14.7. The van der Waals surface area contributed by atoms with Crippen molar-refractivity contribution in [1.29, 1.82) is 0 Å². The summed E-state index contributed by atoms with van der Waals surface area (Å²) < 4.78 is 0. The van der Waals surface area contributed by atoms with Crippen LogP contribution in [-0.2, 0) is 11.2 Å². The van der Waals surface area contributed by atoms with Gasteiger partial charge in [-0.2, -0.15) is 0 Å². The van der Waals surface area contributed by atoms with E-state index < -0.39 is 0 Å². The number of aromatic nitrogens is 2. The molecule has 0 aliphatic heterocycles. The van der Waals surface area contributed by atoms with Crippen LogP contribution in [0.1, 0.15) is 15.9 Å². The van der Waals surface area contributed by atoms with E-state index in [-0.39, 0.29) is 11.8 Å². The summed E-state index contributed by atoms with van der Waals surface area (Å²) in [4.78, 5) is 24.6. The standard InChI is InChI=1S/C23H18N4O2S/c28-20(15-16-7-3-1-4-8-16)24-19-13-11-17(12-14-19)21(29)25-23-27-26-22(30-23)18-9-5-2-6-10-18/h1-14H,15H2,(H,24,28)(H,25,27,29). The molecule has 0 aliphatic rings. The molecule has 7 heteroatoms. The molecule has 30 heavy (non-hydrogen) atoms. The van der Waals surface area contributed by atoms with Crippen LogP contribution < -0.4 is 10.6 Å². The van der Waals surface area contributed by atoms with Crippen LogP contribution in [0.15, 0.2) is 84.9 Å². The molecule has 0 saturated heterocycles. The van der Waals surface area contributed by atoms with Crippen LogP contribution in [0.3, 0.4) is 0 Å². The maximum Gasteiger partial charge on any atom is 0.257 e. The van der Waals surface area contributed by atoms with Crippen LogP contribution in [-0.4, -0.2) is 22.0 Å². The monoisotopic (exact) mass is 414 g/mol. The summed E-state index contributed by atoms with van der Waals surface area (Å²) in [5, 5.41) is 14.9. The van der Waals surface area contributed by atoms with Crippen molar-refractivity contribution in [3.05, 3.63) is 96.1 Å². The van der Waals surface area contributed by atoms with Crippen molar-refractivity contribution in [2.24, 2.45) is 0 Å². The molecule has 0 aliphatic carbocycles. The predicted molar refractivity (Wildman–Crippen MR) is 119 cm³/mol. The molecule has 4 rings (SSSR count). The molecule has 0 bridgehead atoms. The number of amides is 2. The smallest absolute Gasteiger partial charge is 0.257 e. The van der Waals surface area contributed by atoms with Gasteiger partial charge in [0.25, 0.3) is 5.91 Å².